The van der Waals surface area contributed by atoms with Gasteiger partial charge in [0.05, 0.1) is 0 Å². The molecule has 0 fully saturated rings. The highest BCUT2D eigenvalue weighted by Gasteiger charge is 2.30. The zero-order chi connectivity index (χ0) is 10.5. The molecule has 13 heavy (non-hydrogen) atoms. The molecule has 0 aliphatic carbocycles. The second kappa shape index (κ2) is 5.23. The molecule has 0 bridgehead atoms. The van der Waals surface area contributed by atoms with Crippen LogP contribution in [0.15, 0.2) is 0 Å². The Hall–Kier alpha value is 0.274. The zero-order valence-corrected chi connectivity index (χ0v) is 11.0. The predicted molar refractivity (Wildman–Crippen MR) is 61.7 cm³/mol. The van der Waals surface area contributed by atoms with Crippen molar-refractivity contribution in [3.8, 4) is 0 Å². The number of unbranched alkanes of at least 4 members (excludes halogenated alkanes) is 1. The van der Waals surface area contributed by atoms with Crippen molar-refractivity contribution in [1.29, 1.82) is 0 Å². The zero-order valence-electron chi connectivity index (χ0n) is 8.97. The van der Waals surface area contributed by atoms with E-state index in [1.165, 1.54) is 0 Å². The van der Waals surface area contributed by atoms with Crippen molar-refractivity contribution in [2.24, 2.45) is 16.5 Å². The number of hydrogen-bond donors (Lipinski definition) is 3. The van der Waals surface area contributed by atoms with Crippen molar-refractivity contribution in [2.75, 3.05) is 6.54 Å². The maximum absolute atomic E-state index is 6.07. The maximum Gasteiger partial charge on any atom is 0.253 e. The average Bonchev–Trinajstić information content (AvgIpc) is 1.81. The first-order chi connectivity index (χ1) is 5.77. The lowest BCUT2D eigenvalue weighted by Gasteiger charge is -2.30. The summed E-state index contributed by atoms with van der Waals surface area (Å²) in [5.41, 5.74) is 5.40. The molecule has 0 saturated heterocycles. The van der Waals surface area contributed by atoms with Crippen LogP contribution in [-0.4, -0.2) is 23.5 Å². The summed E-state index contributed by atoms with van der Waals surface area (Å²) in [6.07, 6.45) is 2.08. The Morgan fingerprint density at radius 3 is 2.00 bits per heavy atom. The van der Waals surface area contributed by atoms with Crippen LogP contribution in [-0.2, 0) is 4.12 Å². The molecule has 6 heteroatoms. The van der Waals surface area contributed by atoms with E-state index in [1.807, 2.05) is 19.6 Å². The molecule has 0 spiro atoms. The van der Waals surface area contributed by atoms with Gasteiger partial charge in [0.2, 0.25) is 8.48 Å². The normalized spacial score (nSPS) is 17.1. The molecule has 0 aromatic rings. The van der Waals surface area contributed by atoms with E-state index in [0.717, 1.165) is 25.4 Å². The van der Waals surface area contributed by atoms with E-state index in [1.54, 1.807) is 0 Å². The lowest BCUT2D eigenvalue weighted by atomic mass is 10.3. The monoisotopic (exact) mass is 221 g/mol. The van der Waals surface area contributed by atoms with Gasteiger partial charge in [0.15, 0.2) is 0 Å². The summed E-state index contributed by atoms with van der Waals surface area (Å²) in [5.74, 6) is 0. The second-order valence-corrected chi connectivity index (χ2v) is 11.4. The Labute approximate surface area is 83.2 Å². The maximum atomic E-state index is 6.07. The fourth-order valence-corrected chi connectivity index (χ4v) is 7.44. The summed E-state index contributed by atoms with van der Waals surface area (Å²) in [6.45, 7) is 6.68. The van der Waals surface area contributed by atoms with Crippen LogP contribution in [0.5, 0.6) is 0 Å². The Kier molecular flexibility index (Phi) is 5.34. The van der Waals surface area contributed by atoms with Crippen molar-refractivity contribution in [3.05, 3.63) is 0 Å². The molecule has 1 atom stereocenters. The average molecular weight is 221 g/mol. The van der Waals surface area contributed by atoms with Gasteiger partial charge in [-0.25, -0.2) is 0 Å². The van der Waals surface area contributed by atoms with Gasteiger partial charge in [-0.1, -0.05) is 6.42 Å². The van der Waals surface area contributed by atoms with Crippen LogP contribution >= 0.6 is 0 Å². The molecule has 6 N–H and O–H groups in total. The van der Waals surface area contributed by atoms with Gasteiger partial charge in [-0.3, -0.25) is 0 Å². The molecule has 0 aliphatic rings. The highest BCUT2D eigenvalue weighted by atomic mass is 28.4. The second-order valence-electron chi connectivity index (χ2n) is 4.26. The Balaban J connectivity index is 3.80. The molecule has 0 rings (SSSR count). The molecule has 0 aromatic carbocycles. The minimum absolute atomic E-state index is 0.730. The molecular formula is C7H23N3OSi2. The quantitative estimate of drug-likeness (QED) is 0.448. The minimum Gasteiger partial charge on any atom is -0.433 e. The van der Waals surface area contributed by atoms with Crippen LogP contribution in [0.1, 0.15) is 12.8 Å². The summed E-state index contributed by atoms with van der Waals surface area (Å²) in [4.78, 5) is 0. The van der Waals surface area contributed by atoms with Crippen molar-refractivity contribution in [3.63, 3.8) is 0 Å². The fourth-order valence-electron chi connectivity index (χ4n) is 1.27. The molecule has 0 saturated carbocycles. The van der Waals surface area contributed by atoms with E-state index in [0.29, 0.717) is 0 Å². The van der Waals surface area contributed by atoms with E-state index in [-0.39, 0.29) is 0 Å². The molecule has 0 amide bonds. The molecule has 4 nitrogen and oxygen atoms in total. The summed E-state index contributed by atoms with van der Waals surface area (Å²) in [7, 11) is -3.94. The van der Waals surface area contributed by atoms with Crippen molar-refractivity contribution >= 4 is 17.0 Å². The highest BCUT2D eigenvalue weighted by molar-refractivity contribution is 6.82. The third kappa shape index (κ3) is 8.60. The predicted octanol–water partition coefficient (Wildman–Crippen LogP) is 0.433. The van der Waals surface area contributed by atoms with Gasteiger partial charge < -0.3 is 20.6 Å². The Morgan fingerprint density at radius 2 is 1.62 bits per heavy atom. The van der Waals surface area contributed by atoms with Gasteiger partial charge in [0.25, 0.3) is 8.48 Å². The largest absolute Gasteiger partial charge is 0.433 e. The highest BCUT2D eigenvalue weighted by Crippen LogP contribution is 2.12. The third-order valence-corrected chi connectivity index (χ3v) is 6.94. The van der Waals surface area contributed by atoms with Gasteiger partial charge in [-0.05, 0) is 38.7 Å². The number of nitrogens with two attached hydrogens (primary N) is 3. The van der Waals surface area contributed by atoms with E-state index in [4.69, 9.17) is 20.6 Å². The Bertz CT molecular complexity index is 147. The van der Waals surface area contributed by atoms with Gasteiger partial charge >= 0.3 is 0 Å². The van der Waals surface area contributed by atoms with Crippen molar-refractivity contribution in [2.45, 2.75) is 38.5 Å². The number of hydrogen-bond acceptors (Lipinski definition) is 4. The Morgan fingerprint density at radius 1 is 1.08 bits per heavy atom. The summed E-state index contributed by atoms with van der Waals surface area (Å²) in [5, 5.41) is 11.9. The minimum atomic E-state index is -1.99. The SMILES string of the molecule is C[Si](C)(N)O[Si](C)(N)CCCCN. The third-order valence-electron chi connectivity index (χ3n) is 1.62. The van der Waals surface area contributed by atoms with E-state index in [9.17, 15) is 0 Å². The first-order valence-electron chi connectivity index (χ1n) is 4.75. The van der Waals surface area contributed by atoms with Gasteiger partial charge in [-0.2, -0.15) is 0 Å². The standard InChI is InChI=1S/C7H23N3OSi2/c1-12(2,9)11-13(3,10)7-5-4-6-8/h4-10H2,1-3H3. The van der Waals surface area contributed by atoms with Crippen LogP contribution in [0.25, 0.3) is 0 Å². The lowest BCUT2D eigenvalue weighted by Crippen LogP contribution is -2.57. The van der Waals surface area contributed by atoms with Crippen LogP contribution < -0.4 is 16.5 Å². The molecule has 0 aromatic heterocycles. The molecule has 0 radical (unpaired) electrons. The van der Waals surface area contributed by atoms with Crippen LogP contribution in [0.3, 0.4) is 0 Å². The van der Waals surface area contributed by atoms with E-state index >= 15 is 0 Å². The molecule has 80 valence electrons. The summed E-state index contributed by atoms with van der Waals surface area (Å²) < 4.78 is 5.76. The fraction of sp³-hybridized carbons (Fsp3) is 1.00. The molecule has 1 unspecified atom stereocenters. The lowest BCUT2D eigenvalue weighted by molar-refractivity contribution is 0.529. The van der Waals surface area contributed by atoms with Crippen molar-refractivity contribution < 1.29 is 4.12 Å². The first kappa shape index (κ1) is 13.3. The molecule has 0 heterocycles. The first-order valence-corrected chi connectivity index (χ1v) is 10.4. The van der Waals surface area contributed by atoms with Gasteiger partial charge in [-0.15, -0.1) is 0 Å². The van der Waals surface area contributed by atoms with Crippen molar-refractivity contribution in [1.82, 2.24) is 0 Å². The van der Waals surface area contributed by atoms with Crippen LogP contribution in [0.2, 0.25) is 25.7 Å². The van der Waals surface area contributed by atoms with Crippen LogP contribution in [0.4, 0.5) is 0 Å². The number of rotatable bonds is 6. The topological polar surface area (TPSA) is 87.3 Å². The smallest absolute Gasteiger partial charge is 0.253 e. The van der Waals surface area contributed by atoms with Crippen LogP contribution in [0, 0.1) is 0 Å². The summed E-state index contributed by atoms with van der Waals surface area (Å²) in [6, 6.07) is 0.956. The molecule has 0 aliphatic heterocycles. The molecular weight excluding hydrogens is 198 g/mol. The van der Waals surface area contributed by atoms with E-state index in [2.05, 4.69) is 0 Å². The van der Waals surface area contributed by atoms with Gasteiger partial charge in [0, 0.05) is 0 Å². The van der Waals surface area contributed by atoms with Gasteiger partial charge in [0.1, 0.15) is 0 Å². The van der Waals surface area contributed by atoms with E-state index < -0.39 is 17.0 Å². The summed E-state index contributed by atoms with van der Waals surface area (Å²) >= 11 is 0.